The molecule has 1 aliphatic heterocycles. The quantitative estimate of drug-likeness (QED) is 0.555. The number of carbonyl (C=O) groups excluding carboxylic acids is 3. The standard InChI is InChI=1S/C19H28N4O6/c1-9(24)15(22-17(25)12-5-6-12)18(26)21-13-7-23(8-14(13)28-4)19(27)16-10(2)29-11(3)20-16/h9,12-15,24H,5-8H2,1-4H3,(H,21,26)(H,22,25)/t9?,13-,14+,15?/m0/s1. The predicted molar refractivity (Wildman–Crippen MR) is 101 cm³/mol. The van der Waals surface area contributed by atoms with Gasteiger partial charge in [0, 0.05) is 33.0 Å². The number of oxazole rings is 1. The van der Waals surface area contributed by atoms with E-state index in [1.807, 2.05) is 0 Å². The van der Waals surface area contributed by atoms with Gasteiger partial charge >= 0.3 is 0 Å². The summed E-state index contributed by atoms with van der Waals surface area (Å²) >= 11 is 0. The van der Waals surface area contributed by atoms with E-state index in [1.54, 1.807) is 18.7 Å². The van der Waals surface area contributed by atoms with Crippen LogP contribution in [0.2, 0.25) is 0 Å². The van der Waals surface area contributed by atoms with Crippen LogP contribution in [0.15, 0.2) is 4.42 Å². The molecule has 160 valence electrons. The van der Waals surface area contributed by atoms with Crippen molar-refractivity contribution >= 4 is 17.7 Å². The number of hydrogen-bond donors (Lipinski definition) is 3. The van der Waals surface area contributed by atoms with E-state index in [1.165, 1.54) is 14.0 Å². The maximum atomic E-state index is 12.8. The van der Waals surface area contributed by atoms with E-state index in [4.69, 9.17) is 9.15 Å². The van der Waals surface area contributed by atoms with Crippen LogP contribution in [0, 0.1) is 19.8 Å². The number of amides is 3. The molecule has 0 bridgehead atoms. The summed E-state index contributed by atoms with van der Waals surface area (Å²) in [6.45, 7) is 5.29. The van der Waals surface area contributed by atoms with Gasteiger partial charge in [-0.05, 0) is 26.7 Å². The fourth-order valence-corrected chi connectivity index (χ4v) is 3.49. The molecule has 1 aliphatic carbocycles. The maximum Gasteiger partial charge on any atom is 0.276 e. The van der Waals surface area contributed by atoms with Crippen molar-refractivity contribution in [1.82, 2.24) is 20.5 Å². The molecular formula is C19H28N4O6. The van der Waals surface area contributed by atoms with Crippen LogP contribution in [0.4, 0.5) is 0 Å². The van der Waals surface area contributed by atoms with Crippen LogP contribution in [0.5, 0.6) is 0 Å². The summed E-state index contributed by atoms with van der Waals surface area (Å²) in [4.78, 5) is 43.2. The number of aliphatic hydroxyl groups excluding tert-OH is 1. The zero-order valence-corrected chi connectivity index (χ0v) is 17.1. The summed E-state index contributed by atoms with van der Waals surface area (Å²) in [5.74, 6) is -0.273. The van der Waals surface area contributed by atoms with Gasteiger partial charge in [-0.25, -0.2) is 4.98 Å². The highest BCUT2D eigenvalue weighted by molar-refractivity contribution is 5.94. The van der Waals surface area contributed by atoms with Gasteiger partial charge in [0.15, 0.2) is 11.6 Å². The number of aromatic nitrogens is 1. The molecule has 2 heterocycles. The monoisotopic (exact) mass is 408 g/mol. The molecule has 2 aliphatic rings. The minimum absolute atomic E-state index is 0.0791. The molecule has 1 aromatic rings. The number of nitrogens with one attached hydrogen (secondary N) is 2. The molecule has 4 atom stereocenters. The third-order valence-electron chi connectivity index (χ3n) is 5.30. The molecule has 1 aromatic heterocycles. The molecule has 3 amide bonds. The van der Waals surface area contributed by atoms with Gasteiger partial charge in [0.05, 0.1) is 18.2 Å². The van der Waals surface area contributed by atoms with Crippen molar-refractivity contribution in [3.8, 4) is 0 Å². The Kier molecular flexibility index (Phi) is 6.23. The lowest BCUT2D eigenvalue weighted by Gasteiger charge is -2.25. The smallest absolute Gasteiger partial charge is 0.276 e. The molecular weight excluding hydrogens is 380 g/mol. The highest BCUT2D eigenvalue weighted by Gasteiger charge is 2.40. The number of methoxy groups -OCH3 is 1. The normalized spacial score (nSPS) is 23.6. The van der Waals surface area contributed by atoms with Crippen molar-refractivity contribution in [2.24, 2.45) is 5.92 Å². The number of hydrogen-bond acceptors (Lipinski definition) is 7. The predicted octanol–water partition coefficient (Wildman–Crippen LogP) is -0.477. The molecule has 0 radical (unpaired) electrons. The number of nitrogens with zero attached hydrogens (tertiary/aromatic N) is 2. The van der Waals surface area contributed by atoms with E-state index in [-0.39, 0.29) is 36.5 Å². The third-order valence-corrected chi connectivity index (χ3v) is 5.30. The Labute approximate surface area is 169 Å². The molecule has 3 rings (SSSR count). The molecule has 3 N–H and O–H groups in total. The average Bonchev–Trinajstić information content (AvgIpc) is 3.35. The van der Waals surface area contributed by atoms with Crippen molar-refractivity contribution in [2.45, 2.75) is 57.9 Å². The Bertz CT molecular complexity index is 788. The molecule has 2 unspecified atom stereocenters. The zero-order valence-electron chi connectivity index (χ0n) is 17.1. The lowest BCUT2D eigenvalue weighted by molar-refractivity contribution is -0.132. The van der Waals surface area contributed by atoms with E-state index in [0.717, 1.165) is 12.8 Å². The lowest BCUT2D eigenvalue weighted by Crippen LogP contribution is -2.56. The van der Waals surface area contributed by atoms with Crippen molar-refractivity contribution in [1.29, 1.82) is 0 Å². The first-order valence-corrected chi connectivity index (χ1v) is 9.76. The highest BCUT2D eigenvalue weighted by atomic mass is 16.5. The minimum atomic E-state index is -1.06. The molecule has 1 saturated carbocycles. The van der Waals surface area contributed by atoms with E-state index >= 15 is 0 Å². The Morgan fingerprint density at radius 1 is 1.28 bits per heavy atom. The molecule has 10 heteroatoms. The van der Waals surface area contributed by atoms with Crippen LogP contribution in [0.25, 0.3) is 0 Å². The maximum absolute atomic E-state index is 12.8. The summed E-state index contributed by atoms with van der Waals surface area (Å²) < 4.78 is 10.8. The number of aryl methyl sites for hydroxylation is 2. The van der Waals surface area contributed by atoms with E-state index < -0.39 is 30.2 Å². The molecule has 10 nitrogen and oxygen atoms in total. The average molecular weight is 408 g/mol. The SMILES string of the molecule is CO[C@@H]1CN(C(=O)c2nc(C)oc2C)C[C@@H]1NC(=O)C(NC(=O)C1CC1)C(C)O. The molecule has 2 fully saturated rings. The third kappa shape index (κ3) is 4.76. The Morgan fingerprint density at radius 3 is 2.48 bits per heavy atom. The summed E-state index contributed by atoms with van der Waals surface area (Å²) in [5.41, 5.74) is 0.239. The summed E-state index contributed by atoms with van der Waals surface area (Å²) in [7, 11) is 1.50. The van der Waals surface area contributed by atoms with Crippen LogP contribution in [-0.2, 0) is 14.3 Å². The first-order valence-electron chi connectivity index (χ1n) is 9.76. The first-order chi connectivity index (χ1) is 13.7. The van der Waals surface area contributed by atoms with Crippen molar-refractivity contribution in [2.75, 3.05) is 20.2 Å². The lowest BCUT2D eigenvalue weighted by atomic mass is 10.1. The van der Waals surface area contributed by atoms with Gasteiger partial charge in [0.1, 0.15) is 11.8 Å². The van der Waals surface area contributed by atoms with Crippen molar-refractivity contribution in [3.63, 3.8) is 0 Å². The summed E-state index contributed by atoms with van der Waals surface area (Å²) in [6.07, 6.45) is 0.113. The van der Waals surface area contributed by atoms with Crippen LogP contribution >= 0.6 is 0 Å². The van der Waals surface area contributed by atoms with Gasteiger partial charge in [-0.1, -0.05) is 0 Å². The highest BCUT2D eigenvalue weighted by Crippen LogP contribution is 2.29. The zero-order chi connectivity index (χ0) is 21.3. The summed E-state index contributed by atoms with van der Waals surface area (Å²) in [5, 5.41) is 15.4. The Morgan fingerprint density at radius 2 is 1.97 bits per heavy atom. The second-order valence-electron chi connectivity index (χ2n) is 7.74. The van der Waals surface area contributed by atoms with Crippen molar-refractivity contribution in [3.05, 3.63) is 17.3 Å². The van der Waals surface area contributed by atoms with Crippen molar-refractivity contribution < 1.29 is 28.6 Å². The van der Waals surface area contributed by atoms with Crippen LogP contribution in [-0.4, -0.2) is 77.2 Å². The van der Waals surface area contributed by atoms with Gasteiger partial charge in [-0.2, -0.15) is 0 Å². The largest absolute Gasteiger partial charge is 0.445 e. The second-order valence-corrected chi connectivity index (χ2v) is 7.74. The fourth-order valence-electron chi connectivity index (χ4n) is 3.49. The van der Waals surface area contributed by atoms with E-state index in [2.05, 4.69) is 15.6 Å². The van der Waals surface area contributed by atoms with E-state index in [0.29, 0.717) is 11.7 Å². The molecule has 0 aromatic carbocycles. The molecule has 0 spiro atoms. The van der Waals surface area contributed by atoms with Gasteiger partial charge in [-0.15, -0.1) is 0 Å². The summed E-state index contributed by atoms with van der Waals surface area (Å²) in [6, 6.07) is -1.55. The van der Waals surface area contributed by atoms with Gasteiger partial charge < -0.3 is 29.8 Å². The first kappa shape index (κ1) is 21.3. The van der Waals surface area contributed by atoms with Crippen LogP contribution < -0.4 is 10.6 Å². The minimum Gasteiger partial charge on any atom is -0.445 e. The number of rotatable bonds is 7. The van der Waals surface area contributed by atoms with Crippen LogP contribution in [0.3, 0.4) is 0 Å². The molecule has 1 saturated heterocycles. The van der Waals surface area contributed by atoms with Gasteiger partial charge in [0.2, 0.25) is 11.8 Å². The van der Waals surface area contributed by atoms with Crippen LogP contribution in [0.1, 0.15) is 41.9 Å². The number of carbonyl (C=O) groups is 3. The Hall–Kier alpha value is -2.46. The Balaban J connectivity index is 1.65. The number of likely N-dealkylation sites (tertiary alicyclic amines) is 1. The number of ether oxygens (including phenoxy) is 1. The molecule has 29 heavy (non-hydrogen) atoms. The number of aliphatic hydroxyl groups is 1. The van der Waals surface area contributed by atoms with Gasteiger partial charge in [-0.3, -0.25) is 14.4 Å². The fraction of sp³-hybridized carbons (Fsp3) is 0.684. The van der Waals surface area contributed by atoms with Gasteiger partial charge in [0.25, 0.3) is 5.91 Å². The van der Waals surface area contributed by atoms with E-state index in [9.17, 15) is 19.5 Å². The second kappa shape index (κ2) is 8.50. The topological polar surface area (TPSA) is 134 Å².